The molecule has 0 fully saturated rings. The Balaban J connectivity index is 1.69. The maximum absolute atomic E-state index is 12.8. The smallest absolute Gasteiger partial charge is 0.259 e. The van der Waals surface area contributed by atoms with Gasteiger partial charge in [0, 0.05) is 40.5 Å². The van der Waals surface area contributed by atoms with Crippen LogP contribution in [0, 0.1) is 0 Å². The van der Waals surface area contributed by atoms with Gasteiger partial charge < -0.3 is 10.2 Å². The van der Waals surface area contributed by atoms with E-state index in [0.717, 1.165) is 15.5 Å². The molecule has 5 nitrogen and oxygen atoms in total. The van der Waals surface area contributed by atoms with Crippen LogP contribution in [0.2, 0.25) is 0 Å². The highest BCUT2D eigenvalue weighted by atomic mass is 32.2. The summed E-state index contributed by atoms with van der Waals surface area (Å²) in [5, 5.41) is 2.83. The second-order valence-electron chi connectivity index (χ2n) is 5.83. The van der Waals surface area contributed by atoms with E-state index in [-0.39, 0.29) is 11.8 Å². The number of hydrogen-bond acceptors (Lipinski definition) is 4. The zero-order valence-corrected chi connectivity index (χ0v) is 14.8. The largest absolute Gasteiger partial charge is 0.322 e. The Morgan fingerprint density at radius 3 is 2.62 bits per heavy atom. The third-order valence-corrected chi connectivity index (χ3v) is 5.30. The molecule has 2 amide bonds. The van der Waals surface area contributed by atoms with Crippen molar-refractivity contribution in [1.29, 1.82) is 0 Å². The molecule has 1 N–H and O–H groups in total. The molecule has 1 aromatic heterocycles. The molecule has 2 heterocycles. The molecule has 128 valence electrons. The van der Waals surface area contributed by atoms with Crippen molar-refractivity contribution in [3.05, 3.63) is 78.1 Å². The Kier molecular flexibility index (Phi) is 4.18. The second-order valence-corrected chi connectivity index (χ2v) is 6.92. The number of benzene rings is 2. The Bertz CT molecular complexity index is 1000. The number of nitrogens with zero attached hydrogens (tertiary/aromatic N) is 2. The number of nitrogens with one attached hydrogen (secondary N) is 1. The van der Waals surface area contributed by atoms with Gasteiger partial charge in [0.05, 0.1) is 11.3 Å². The minimum atomic E-state index is -0.230. The highest BCUT2D eigenvalue weighted by Crippen LogP contribution is 2.41. The number of hydrogen-bond donors (Lipinski definition) is 1. The number of carbonyl (C=O) groups excluding carboxylic acids is 2. The van der Waals surface area contributed by atoms with Crippen LogP contribution in [-0.4, -0.2) is 23.8 Å². The van der Waals surface area contributed by atoms with Gasteiger partial charge in [0.1, 0.15) is 0 Å². The fourth-order valence-corrected chi connectivity index (χ4v) is 3.87. The lowest BCUT2D eigenvalue weighted by atomic mass is 10.1. The van der Waals surface area contributed by atoms with Gasteiger partial charge in [0.25, 0.3) is 11.8 Å². The maximum Gasteiger partial charge on any atom is 0.259 e. The van der Waals surface area contributed by atoms with E-state index in [2.05, 4.69) is 10.3 Å². The topological polar surface area (TPSA) is 62.3 Å². The predicted octanol–water partition coefficient (Wildman–Crippen LogP) is 4.08. The Labute approximate surface area is 155 Å². The minimum absolute atomic E-state index is 0.0847. The molecular weight excluding hydrogens is 346 g/mol. The average Bonchev–Trinajstić information content (AvgIpc) is 2.78. The summed E-state index contributed by atoms with van der Waals surface area (Å²) in [5.74, 6) is -0.315. The average molecular weight is 361 g/mol. The first-order valence-electron chi connectivity index (χ1n) is 8.04. The zero-order valence-electron chi connectivity index (χ0n) is 14.0. The molecule has 4 rings (SSSR count). The van der Waals surface area contributed by atoms with Gasteiger partial charge in [0.15, 0.2) is 0 Å². The molecule has 0 unspecified atom stereocenters. The summed E-state index contributed by atoms with van der Waals surface area (Å²) < 4.78 is 0. The van der Waals surface area contributed by atoms with Crippen LogP contribution in [0.3, 0.4) is 0 Å². The first-order chi connectivity index (χ1) is 12.6. The van der Waals surface area contributed by atoms with E-state index in [1.807, 2.05) is 30.3 Å². The molecule has 0 radical (unpaired) electrons. The molecule has 3 aromatic rings. The van der Waals surface area contributed by atoms with E-state index in [0.29, 0.717) is 16.8 Å². The third-order valence-electron chi connectivity index (χ3n) is 4.16. The predicted molar refractivity (Wildman–Crippen MR) is 102 cm³/mol. The molecule has 0 saturated heterocycles. The fraction of sp³-hybridized carbons (Fsp3) is 0.0500. The van der Waals surface area contributed by atoms with Crippen LogP contribution in [0.1, 0.15) is 20.7 Å². The number of carbonyl (C=O) groups is 2. The Morgan fingerprint density at radius 1 is 1.04 bits per heavy atom. The first-order valence-corrected chi connectivity index (χ1v) is 8.85. The highest BCUT2D eigenvalue weighted by molar-refractivity contribution is 7.99. The van der Waals surface area contributed by atoms with E-state index in [1.54, 1.807) is 48.6 Å². The summed E-state index contributed by atoms with van der Waals surface area (Å²) in [4.78, 5) is 32.7. The lowest BCUT2D eigenvalue weighted by molar-refractivity contribution is 0.0987. The monoisotopic (exact) mass is 361 g/mol. The number of amides is 2. The van der Waals surface area contributed by atoms with Gasteiger partial charge in [-0.3, -0.25) is 14.6 Å². The van der Waals surface area contributed by atoms with Gasteiger partial charge in [-0.25, -0.2) is 0 Å². The van der Waals surface area contributed by atoms with E-state index in [4.69, 9.17) is 0 Å². The quantitative estimate of drug-likeness (QED) is 0.747. The second kappa shape index (κ2) is 6.65. The molecule has 0 bridgehead atoms. The zero-order chi connectivity index (χ0) is 18.1. The van der Waals surface area contributed by atoms with E-state index in [9.17, 15) is 9.59 Å². The molecule has 2 aromatic carbocycles. The van der Waals surface area contributed by atoms with Crippen molar-refractivity contribution in [2.45, 2.75) is 9.79 Å². The van der Waals surface area contributed by atoms with Crippen LogP contribution < -0.4 is 10.2 Å². The van der Waals surface area contributed by atoms with Crippen molar-refractivity contribution in [1.82, 2.24) is 4.98 Å². The number of rotatable bonds is 2. The molecule has 26 heavy (non-hydrogen) atoms. The summed E-state index contributed by atoms with van der Waals surface area (Å²) in [7, 11) is 1.73. The van der Waals surface area contributed by atoms with Crippen LogP contribution in [0.4, 0.5) is 11.4 Å². The van der Waals surface area contributed by atoms with Gasteiger partial charge in [-0.1, -0.05) is 23.9 Å². The van der Waals surface area contributed by atoms with Gasteiger partial charge in [0.2, 0.25) is 0 Å². The van der Waals surface area contributed by atoms with Crippen molar-refractivity contribution in [2.75, 3.05) is 17.3 Å². The molecule has 0 aliphatic carbocycles. The molecule has 0 spiro atoms. The van der Waals surface area contributed by atoms with Gasteiger partial charge in [-0.15, -0.1) is 0 Å². The van der Waals surface area contributed by atoms with Crippen molar-refractivity contribution in [3.63, 3.8) is 0 Å². The standard InChI is InChI=1S/C20H15N3O2S/c1-23-16-12-13(19(24)22-14-8-10-21-11-9-14)6-7-18(16)26-17-5-3-2-4-15(17)20(23)25/h2-12H,1H3,(H,21,22,24). The SMILES string of the molecule is CN1C(=O)c2ccccc2Sc2ccc(C(=O)Nc3ccncc3)cc21. The highest BCUT2D eigenvalue weighted by Gasteiger charge is 2.25. The van der Waals surface area contributed by atoms with Crippen molar-refractivity contribution < 1.29 is 9.59 Å². The van der Waals surface area contributed by atoms with Crippen LogP contribution in [-0.2, 0) is 0 Å². The maximum atomic E-state index is 12.8. The fourth-order valence-electron chi connectivity index (χ4n) is 2.79. The number of anilines is 2. The van der Waals surface area contributed by atoms with Gasteiger partial charge in [-0.2, -0.15) is 0 Å². The molecule has 0 saturated carbocycles. The van der Waals surface area contributed by atoms with Gasteiger partial charge >= 0.3 is 0 Å². The van der Waals surface area contributed by atoms with Crippen molar-refractivity contribution in [2.24, 2.45) is 0 Å². The van der Waals surface area contributed by atoms with Crippen LogP contribution in [0.15, 0.2) is 76.8 Å². The molecule has 6 heteroatoms. The van der Waals surface area contributed by atoms with Gasteiger partial charge in [-0.05, 0) is 42.5 Å². The Hall–Kier alpha value is -3.12. The van der Waals surface area contributed by atoms with Crippen LogP contribution in [0.25, 0.3) is 0 Å². The molecule has 1 aliphatic heterocycles. The first kappa shape index (κ1) is 16.4. The van der Waals surface area contributed by atoms with E-state index >= 15 is 0 Å². The normalized spacial score (nSPS) is 12.8. The summed E-state index contributed by atoms with van der Waals surface area (Å²) in [5.41, 5.74) is 2.55. The molecule has 0 atom stereocenters. The summed E-state index contributed by atoms with van der Waals surface area (Å²) in [6.45, 7) is 0. The van der Waals surface area contributed by atoms with Crippen LogP contribution >= 0.6 is 11.8 Å². The minimum Gasteiger partial charge on any atom is -0.322 e. The van der Waals surface area contributed by atoms with E-state index < -0.39 is 0 Å². The summed E-state index contributed by atoms with van der Waals surface area (Å²) in [6, 6.07) is 16.4. The lowest BCUT2D eigenvalue weighted by Crippen LogP contribution is -2.26. The number of pyridine rings is 1. The van der Waals surface area contributed by atoms with Crippen LogP contribution in [0.5, 0.6) is 0 Å². The summed E-state index contributed by atoms with van der Waals surface area (Å²) in [6.07, 6.45) is 3.24. The molecular formula is C20H15N3O2S. The number of fused-ring (bicyclic) bond motifs is 2. The Morgan fingerprint density at radius 2 is 1.81 bits per heavy atom. The molecule has 1 aliphatic rings. The van der Waals surface area contributed by atoms with E-state index in [1.165, 1.54) is 11.8 Å². The summed E-state index contributed by atoms with van der Waals surface area (Å²) >= 11 is 1.53. The van der Waals surface area contributed by atoms with Crippen molar-refractivity contribution >= 4 is 35.0 Å². The third kappa shape index (κ3) is 2.95. The number of aromatic nitrogens is 1. The van der Waals surface area contributed by atoms with Crippen molar-refractivity contribution in [3.8, 4) is 0 Å². The lowest BCUT2D eigenvalue weighted by Gasteiger charge is -2.18.